The Morgan fingerprint density at radius 3 is 2.47 bits per heavy atom. The molecule has 0 aromatic heterocycles. The molecule has 1 aromatic rings. The third-order valence-electron chi connectivity index (χ3n) is 2.60. The highest BCUT2D eigenvalue weighted by molar-refractivity contribution is 6.16. The van der Waals surface area contributed by atoms with E-state index in [4.69, 9.17) is 5.26 Å². The van der Waals surface area contributed by atoms with E-state index >= 15 is 0 Å². The Balaban J connectivity index is 2.49. The Hall–Kier alpha value is -2.22. The van der Waals surface area contributed by atoms with Crippen LogP contribution in [-0.4, -0.2) is 11.8 Å². The van der Waals surface area contributed by atoms with E-state index in [1.807, 2.05) is 0 Å². The van der Waals surface area contributed by atoms with Gasteiger partial charge in [-0.2, -0.15) is 5.26 Å². The molecule has 5 heteroatoms. The highest BCUT2D eigenvalue weighted by Crippen LogP contribution is 2.25. The Morgan fingerprint density at radius 1 is 1.24 bits per heavy atom. The van der Waals surface area contributed by atoms with E-state index in [2.05, 4.69) is 0 Å². The van der Waals surface area contributed by atoms with Crippen LogP contribution in [-0.2, 0) is 9.59 Å². The monoisotopic (exact) mass is 232 g/mol. The summed E-state index contributed by atoms with van der Waals surface area (Å²) >= 11 is 0. The number of rotatable bonds is 1. The van der Waals surface area contributed by atoms with Crippen LogP contribution in [0.3, 0.4) is 0 Å². The van der Waals surface area contributed by atoms with Gasteiger partial charge in [0.2, 0.25) is 11.8 Å². The first-order valence-corrected chi connectivity index (χ1v) is 5.19. The van der Waals surface area contributed by atoms with Gasteiger partial charge in [-0.25, -0.2) is 9.29 Å². The molecule has 0 unspecified atom stereocenters. The summed E-state index contributed by atoms with van der Waals surface area (Å²) in [6.45, 7) is 0. The number of carbonyl (C=O) groups excluding carboxylic acids is 2. The van der Waals surface area contributed by atoms with Crippen molar-refractivity contribution >= 4 is 17.5 Å². The van der Waals surface area contributed by atoms with Crippen molar-refractivity contribution in [2.24, 2.45) is 0 Å². The number of amides is 2. The number of nitriles is 1. The van der Waals surface area contributed by atoms with Gasteiger partial charge in [-0.1, -0.05) is 0 Å². The predicted octanol–water partition coefficient (Wildman–Crippen LogP) is 1.74. The van der Waals surface area contributed by atoms with E-state index < -0.39 is 5.82 Å². The van der Waals surface area contributed by atoms with Crippen LogP contribution in [0.1, 0.15) is 24.8 Å². The number of carbonyl (C=O) groups is 2. The van der Waals surface area contributed by atoms with Crippen LogP contribution >= 0.6 is 0 Å². The van der Waals surface area contributed by atoms with Crippen LogP contribution in [0.25, 0.3) is 0 Å². The fourth-order valence-electron chi connectivity index (χ4n) is 1.82. The summed E-state index contributed by atoms with van der Waals surface area (Å²) in [5, 5.41) is 8.88. The molecule has 17 heavy (non-hydrogen) atoms. The average Bonchev–Trinajstić information content (AvgIpc) is 2.30. The van der Waals surface area contributed by atoms with Crippen LogP contribution in [0, 0.1) is 17.1 Å². The molecule has 1 aliphatic rings. The van der Waals surface area contributed by atoms with Crippen LogP contribution in [0.4, 0.5) is 10.1 Å². The minimum Gasteiger partial charge on any atom is -0.274 e. The van der Waals surface area contributed by atoms with Gasteiger partial charge < -0.3 is 0 Å². The van der Waals surface area contributed by atoms with Gasteiger partial charge in [-0.05, 0) is 24.6 Å². The second kappa shape index (κ2) is 4.34. The van der Waals surface area contributed by atoms with Gasteiger partial charge in [0.15, 0.2) is 0 Å². The van der Waals surface area contributed by atoms with Crippen molar-refractivity contribution in [3.05, 3.63) is 29.6 Å². The minimum absolute atomic E-state index is 0.00593. The number of hydrogen-bond donors (Lipinski definition) is 0. The third kappa shape index (κ3) is 2.02. The first kappa shape index (κ1) is 11.3. The molecule has 1 heterocycles. The molecule has 0 radical (unpaired) electrons. The number of halogens is 1. The smallest absolute Gasteiger partial charge is 0.233 e. The summed E-state index contributed by atoms with van der Waals surface area (Å²) in [5.41, 5.74) is 0.164. The molecule has 0 saturated carbocycles. The number of nitrogens with zero attached hydrogens (tertiary/aromatic N) is 2. The molecule has 1 aromatic carbocycles. The van der Waals surface area contributed by atoms with Gasteiger partial charge in [-0.15, -0.1) is 0 Å². The van der Waals surface area contributed by atoms with Gasteiger partial charge in [0.05, 0.1) is 11.3 Å². The lowest BCUT2D eigenvalue weighted by Crippen LogP contribution is -2.40. The molecule has 2 amide bonds. The lowest BCUT2D eigenvalue weighted by molar-refractivity contribution is -0.129. The van der Waals surface area contributed by atoms with Gasteiger partial charge in [0.25, 0.3) is 0 Å². The van der Waals surface area contributed by atoms with Crippen molar-refractivity contribution in [2.75, 3.05) is 4.90 Å². The van der Waals surface area contributed by atoms with Gasteiger partial charge in [-0.3, -0.25) is 9.59 Å². The summed E-state index contributed by atoms with van der Waals surface area (Å²) in [6.07, 6.45) is 1.07. The molecular formula is C12H9FN2O2. The molecule has 0 bridgehead atoms. The normalized spacial score (nSPS) is 15.9. The van der Waals surface area contributed by atoms with Crippen molar-refractivity contribution in [2.45, 2.75) is 19.3 Å². The summed E-state index contributed by atoms with van der Waals surface area (Å²) in [5.74, 6) is -1.25. The summed E-state index contributed by atoms with van der Waals surface area (Å²) in [7, 11) is 0. The fraction of sp³-hybridized carbons (Fsp3) is 0.250. The second-order valence-electron chi connectivity index (χ2n) is 3.75. The highest BCUT2D eigenvalue weighted by Gasteiger charge is 2.29. The maximum atomic E-state index is 13.0. The largest absolute Gasteiger partial charge is 0.274 e. The quantitative estimate of drug-likeness (QED) is 0.693. The number of benzene rings is 1. The van der Waals surface area contributed by atoms with Gasteiger partial charge in [0.1, 0.15) is 11.9 Å². The minimum atomic E-state index is -0.567. The molecule has 0 atom stereocenters. The Labute approximate surface area is 97.3 Å². The molecule has 86 valence electrons. The fourth-order valence-corrected chi connectivity index (χ4v) is 1.82. The number of piperidine rings is 1. The van der Waals surface area contributed by atoms with E-state index in [0.29, 0.717) is 6.42 Å². The first-order valence-electron chi connectivity index (χ1n) is 5.19. The molecule has 0 N–H and O–H groups in total. The maximum Gasteiger partial charge on any atom is 0.233 e. The lowest BCUT2D eigenvalue weighted by atomic mass is 10.1. The summed E-state index contributed by atoms with van der Waals surface area (Å²) in [4.78, 5) is 24.3. The Kier molecular flexibility index (Phi) is 2.88. The van der Waals surface area contributed by atoms with Crippen LogP contribution < -0.4 is 4.90 Å². The second-order valence-corrected chi connectivity index (χ2v) is 3.75. The van der Waals surface area contributed by atoms with E-state index in [0.717, 1.165) is 17.0 Å². The molecule has 1 saturated heterocycles. The van der Waals surface area contributed by atoms with Crippen molar-refractivity contribution in [3.63, 3.8) is 0 Å². The number of hydrogen-bond acceptors (Lipinski definition) is 3. The molecular weight excluding hydrogens is 223 g/mol. The summed E-state index contributed by atoms with van der Waals surface area (Å²) < 4.78 is 13.0. The predicted molar refractivity (Wildman–Crippen MR) is 57.5 cm³/mol. The van der Waals surface area contributed by atoms with E-state index in [1.165, 1.54) is 6.07 Å². The molecule has 0 spiro atoms. The first-order chi connectivity index (χ1) is 8.13. The van der Waals surface area contributed by atoms with Crippen molar-refractivity contribution in [1.29, 1.82) is 5.26 Å². The zero-order chi connectivity index (χ0) is 12.4. The lowest BCUT2D eigenvalue weighted by Gasteiger charge is -2.25. The Bertz CT molecular complexity index is 518. The van der Waals surface area contributed by atoms with Gasteiger partial charge >= 0.3 is 0 Å². The molecule has 4 nitrogen and oxygen atoms in total. The van der Waals surface area contributed by atoms with E-state index in [1.54, 1.807) is 6.07 Å². The number of anilines is 1. The van der Waals surface area contributed by atoms with E-state index in [-0.39, 0.29) is 35.9 Å². The van der Waals surface area contributed by atoms with Crippen LogP contribution in [0.15, 0.2) is 18.2 Å². The SMILES string of the molecule is N#Cc1cc(F)ccc1N1C(=O)CCCC1=O. The van der Waals surface area contributed by atoms with Crippen molar-refractivity contribution < 1.29 is 14.0 Å². The maximum absolute atomic E-state index is 13.0. The summed E-state index contributed by atoms with van der Waals surface area (Å²) in [6, 6.07) is 5.22. The topological polar surface area (TPSA) is 61.2 Å². The third-order valence-corrected chi connectivity index (χ3v) is 2.60. The highest BCUT2D eigenvalue weighted by atomic mass is 19.1. The molecule has 1 fully saturated rings. The molecule has 1 aliphatic heterocycles. The standard InChI is InChI=1S/C12H9FN2O2/c13-9-4-5-10(8(6-9)7-14)15-11(16)2-1-3-12(15)17/h4-6H,1-3H2. The molecule has 2 rings (SSSR count). The van der Waals surface area contributed by atoms with Crippen molar-refractivity contribution in [1.82, 2.24) is 0 Å². The Morgan fingerprint density at radius 2 is 1.88 bits per heavy atom. The zero-order valence-electron chi connectivity index (χ0n) is 8.94. The van der Waals surface area contributed by atoms with Gasteiger partial charge in [0, 0.05) is 12.8 Å². The average molecular weight is 232 g/mol. The molecule has 0 aliphatic carbocycles. The zero-order valence-corrected chi connectivity index (χ0v) is 8.94. The number of imide groups is 1. The van der Waals surface area contributed by atoms with Crippen molar-refractivity contribution in [3.8, 4) is 6.07 Å². The van der Waals surface area contributed by atoms with Crippen LogP contribution in [0.5, 0.6) is 0 Å². The van der Waals surface area contributed by atoms with Crippen LogP contribution in [0.2, 0.25) is 0 Å². The van der Waals surface area contributed by atoms with E-state index in [9.17, 15) is 14.0 Å².